The van der Waals surface area contributed by atoms with Crippen LogP contribution >= 0.6 is 0 Å². The third kappa shape index (κ3) is 12.4. The van der Waals surface area contributed by atoms with Gasteiger partial charge in [-0.2, -0.15) is 13.2 Å². The van der Waals surface area contributed by atoms with E-state index in [1.165, 1.54) is 32.9 Å². The van der Waals surface area contributed by atoms with Crippen LogP contribution < -0.4 is 16.0 Å². The zero-order valence-corrected chi connectivity index (χ0v) is 42.1. The van der Waals surface area contributed by atoms with Crippen molar-refractivity contribution in [3.63, 3.8) is 0 Å². The van der Waals surface area contributed by atoms with E-state index in [1.54, 1.807) is 25.2 Å². The van der Waals surface area contributed by atoms with Crippen molar-refractivity contribution in [2.45, 2.75) is 89.1 Å². The van der Waals surface area contributed by atoms with Crippen LogP contribution in [0.2, 0.25) is 0 Å². The number of amidine groups is 1. The second-order valence-electron chi connectivity index (χ2n) is 20.3. The first-order valence-corrected chi connectivity index (χ1v) is 25.6. The maximum absolute atomic E-state index is 14.6. The van der Waals surface area contributed by atoms with Crippen LogP contribution in [0.15, 0.2) is 65.7 Å². The van der Waals surface area contributed by atoms with E-state index in [4.69, 9.17) is 25.1 Å². The summed E-state index contributed by atoms with van der Waals surface area (Å²) in [5, 5.41) is 17.4. The number of carbonyl (C=O) groups is 3. The zero-order chi connectivity index (χ0) is 51.9. The van der Waals surface area contributed by atoms with Gasteiger partial charge in [-0.05, 0) is 91.1 Å². The fourth-order valence-corrected chi connectivity index (χ4v) is 10.9. The Kier molecular flexibility index (Phi) is 17.2. The van der Waals surface area contributed by atoms with E-state index >= 15 is 0 Å². The van der Waals surface area contributed by atoms with Crippen LogP contribution in [0.1, 0.15) is 90.9 Å². The summed E-state index contributed by atoms with van der Waals surface area (Å²) >= 11 is 0. The van der Waals surface area contributed by atoms with Crippen molar-refractivity contribution in [2.24, 2.45) is 5.92 Å². The molecule has 0 bridgehead atoms. The summed E-state index contributed by atoms with van der Waals surface area (Å²) in [5.41, 5.74) is 4.97. The molecule has 17 nitrogen and oxygen atoms in total. The number of unbranched alkanes of at least 4 members (excludes halogenated alkanes) is 1. The number of pyridine rings is 1. The number of amides is 2. The Morgan fingerprint density at radius 2 is 1.66 bits per heavy atom. The normalized spacial score (nSPS) is 19.1. The molecule has 394 valence electrons. The highest BCUT2D eigenvalue weighted by molar-refractivity contribution is 5.99. The molecular formula is C53H70F3N11O6. The summed E-state index contributed by atoms with van der Waals surface area (Å²) in [6, 6.07) is 14.4. The summed E-state index contributed by atoms with van der Waals surface area (Å²) < 4.78 is 58.2. The van der Waals surface area contributed by atoms with Crippen LogP contribution in [0.4, 0.5) is 18.9 Å². The molecule has 0 radical (unpaired) electrons. The van der Waals surface area contributed by atoms with Gasteiger partial charge in [0, 0.05) is 121 Å². The number of nitrogens with zero attached hydrogens (tertiary/aromatic N) is 8. The van der Waals surface area contributed by atoms with Gasteiger partial charge >= 0.3 is 11.9 Å². The van der Waals surface area contributed by atoms with Gasteiger partial charge in [0.05, 0.1) is 55.6 Å². The minimum atomic E-state index is -4.68. The van der Waals surface area contributed by atoms with E-state index in [-0.39, 0.29) is 35.8 Å². The Hall–Kier alpha value is -5.93. The lowest BCUT2D eigenvalue weighted by atomic mass is 9.75. The maximum Gasteiger partial charge on any atom is 0.418 e. The number of hydrogen-bond acceptors (Lipinski definition) is 12. The van der Waals surface area contributed by atoms with Crippen LogP contribution in [0.5, 0.6) is 0 Å². The van der Waals surface area contributed by atoms with Crippen molar-refractivity contribution in [3.8, 4) is 5.69 Å². The van der Waals surface area contributed by atoms with Crippen molar-refractivity contribution in [3.05, 3.63) is 99.2 Å². The van der Waals surface area contributed by atoms with Crippen molar-refractivity contribution in [1.29, 1.82) is 10.8 Å². The predicted molar refractivity (Wildman–Crippen MR) is 273 cm³/mol. The number of anilines is 1. The van der Waals surface area contributed by atoms with Crippen LogP contribution in [0.25, 0.3) is 11.2 Å². The third-order valence-corrected chi connectivity index (χ3v) is 15.3. The van der Waals surface area contributed by atoms with E-state index in [9.17, 15) is 27.6 Å². The Labute approximate surface area is 424 Å². The SMILES string of the molecule is C=O.CCCCC(=O)NN1Cc2cc(N3CCC(CN4CCN(CCOC5CCN(Cc6cc(C(F)(F)F)c7cn(-c8cccc(C9(CC(=N)N(C)C=N)COC9)c8)c(=O)n7c6)CC5)CC4)CC3)ccc2C1=O. The lowest BCUT2D eigenvalue weighted by molar-refractivity contribution is -0.136. The third-order valence-electron chi connectivity index (χ3n) is 15.3. The van der Waals surface area contributed by atoms with Gasteiger partial charge in [0.25, 0.3) is 5.91 Å². The number of hydrazine groups is 1. The minimum Gasteiger partial charge on any atom is -0.379 e. The van der Waals surface area contributed by atoms with Gasteiger partial charge in [0.15, 0.2) is 0 Å². The van der Waals surface area contributed by atoms with Gasteiger partial charge in [0.2, 0.25) is 5.91 Å². The molecule has 73 heavy (non-hydrogen) atoms. The van der Waals surface area contributed by atoms with E-state index in [0.29, 0.717) is 75.0 Å². The predicted octanol–water partition coefficient (Wildman–Crippen LogP) is 5.79. The van der Waals surface area contributed by atoms with Gasteiger partial charge < -0.3 is 29.0 Å². The van der Waals surface area contributed by atoms with Crippen LogP contribution in [-0.2, 0) is 43.7 Å². The number of rotatable bonds is 18. The molecule has 2 aromatic heterocycles. The number of piperidine rings is 2. The first-order chi connectivity index (χ1) is 35.2. The van der Waals surface area contributed by atoms with Gasteiger partial charge in [-0.15, -0.1) is 0 Å². The molecule has 0 spiro atoms. The number of imidazole rings is 1. The second kappa shape index (κ2) is 23.5. The molecular weight excluding hydrogens is 944 g/mol. The number of carbonyl (C=O) groups excluding carboxylic acids is 3. The molecule has 0 aliphatic carbocycles. The van der Waals surface area contributed by atoms with Crippen LogP contribution in [0.3, 0.4) is 0 Å². The summed E-state index contributed by atoms with van der Waals surface area (Å²) in [7, 11) is 1.63. The summed E-state index contributed by atoms with van der Waals surface area (Å²) in [5.74, 6) is 0.612. The highest BCUT2D eigenvalue weighted by atomic mass is 19.4. The summed E-state index contributed by atoms with van der Waals surface area (Å²) in [4.78, 5) is 58.1. The number of fused-ring (bicyclic) bond motifs is 2. The number of benzene rings is 2. The van der Waals surface area contributed by atoms with Gasteiger partial charge in [-0.1, -0.05) is 25.5 Å². The highest BCUT2D eigenvalue weighted by Gasteiger charge is 2.42. The quantitative estimate of drug-likeness (QED) is 0.0813. The number of hydrogen-bond donors (Lipinski definition) is 3. The van der Waals surface area contributed by atoms with E-state index < -0.39 is 22.8 Å². The molecule has 20 heteroatoms. The molecule has 0 unspecified atom stereocenters. The van der Waals surface area contributed by atoms with Gasteiger partial charge in [-0.3, -0.25) is 44.6 Å². The number of halogens is 3. The first kappa shape index (κ1) is 53.4. The molecule has 2 amide bonds. The number of alkyl halides is 3. The van der Waals surface area contributed by atoms with Gasteiger partial charge in [0.1, 0.15) is 12.6 Å². The summed E-state index contributed by atoms with van der Waals surface area (Å²) in [6.07, 6.45) is 5.51. The average Bonchev–Trinajstić information content (AvgIpc) is 3.89. The number of likely N-dealkylation sites (tertiary alicyclic amines) is 1. The summed E-state index contributed by atoms with van der Waals surface area (Å²) in [6.45, 7) is 15.4. The van der Waals surface area contributed by atoms with Crippen molar-refractivity contribution >= 4 is 42.0 Å². The lowest BCUT2D eigenvalue weighted by Gasteiger charge is -2.42. The molecule has 4 fully saturated rings. The molecule has 5 aliphatic heterocycles. The second-order valence-corrected chi connectivity index (χ2v) is 20.3. The van der Waals surface area contributed by atoms with Crippen molar-refractivity contribution in [2.75, 3.05) is 97.2 Å². The monoisotopic (exact) mass is 1010 g/mol. The Balaban J connectivity index is 0.00000351. The smallest absolute Gasteiger partial charge is 0.379 e. The molecule has 0 atom stereocenters. The Bertz CT molecular complexity index is 2650. The number of ether oxygens (including phenoxy) is 2. The van der Waals surface area contributed by atoms with Crippen molar-refractivity contribution in [1.82, 2.24) is 39.0 Å². The lowest BCUT2D eigenvalue weighted by Crippen LogP contribution is -2.49. The fourth-order valence-electron chi connectivity index (χ4n) is 10.9. The largest absolute Gasteiger partial charge is 0.418 e. The molecule has 0 saturated carbocycles. The fraction of sp³-hybridized carbons (Fsp3) is 0.547. The molecule has 4 aromatic rings. The zero-order valence-electron chi connectivity index (χ0n) is 42.1. The van der Waals surface area contributed by atoms with E-state index in [2.05, 4.69) is 31.1 Å². The molecule has 2 aromatic carbocycles. The number of aromatic nitrogens is 2. The molecule has 4 saturated heterocycles. The molecule has 9 rings (SSSR count). The topological polar surface area (TPSA) is 175 Å². The highest BCUT2D eigenvalue weighted by Crippen LogP contribution is 2.38. The van der Waals surface area contributed by atoms with Crippen molar-refractivity contribution < 1.29 is 37.0 Å². The first-order valence-electron chi connectivity index (χ1n) is 25.6. The maximum atomic E-state index is 14.6. The Morgan fingerprint density at radius 3 is 2.33 bits per heavy atom. The number of nitrogens with one attached hydrogen (secondary N) is 3. The number of piperazine rings is 1. The van der Waals surface area contributed by atoms with E-state index in [0.717, 1.165) is 118 Å². The molecule has 5 aliphatic rings. The minimum absolute atomic E-state index is 0.0872. The van der Waals surface area contributed by atoms with E-state index in [1.807, 2.05) is 31.9 Å². The average molecular weight is 1010 g/mol. The van der Waals surface area contributed by atoms with Crippen LogP contribution in [-0.4, -0.2) is 163 Å². The molecule has 3 N–H and O–H groups in total. The van der Waals surface area contributed by atoms with Crippen LogP contribution in [0, 0.1) is 16.7 Å². The molecule has 7 heterocycles. The standard InChI is InChI=1S/C52H68F3N11O5.CH2O/c1-3-4-8-48(67)58-66-32-39-26-41(9-10-44(39)49(66)68)63-17-11-37(12-18-63)29-62-21-19-60(20-22-62)23-24-71-43-13-15-61(16-14-43)30-38-25-45(52(53,54)55)46-33-64(50(69)65(46)31-38)42-7-5-6-40(27-42)51(34-70-35-51)28-47(57)59(2)36-56;1-2/h5-7,9-10,25-27,31,33,36-37,43,56-57H,3-4,8,11-24,28-30,32,34-35H2,1-2H3,(H,58,67);1H2. The van der Waals surface area contributed by atoms with Gasteiger partial charge in [-0.25, -0.2) is 9.80 Å². The Morgan fingerprint density at radius 1 is 0.932 bits per heavy atom.